The number of carbonyl (C=O) groups is 3. The molecule has 10 heteroatoms. The van der Waals surface area contributed by atoms with Gasteiger partial charge in [0.05, 0.1) is 11.0 Å². The van der Waals surface area contributed by atoms with E-state index in [2.05, 4.69) is 20.9 Å². The lowest BCUT2D eigenvalue weighted by Crippen LogP contribution is -2.38. The van der Waals surface area contributed by atoms with Gasteiger partial charge in [0.1, 0.15) is 4.91 Å². The van der Waals surface area contributed by atoms with Crippen molar-refractivity contribution < 1.29 is 33.0 Å². The number of nitrogens with zero attached hydrogens (tertiary/aromatic N) is 1. The Kier molecular flexibility index (Phi) is 4.41. The maximum Gasteiger partial charge on any atom is 0.270 e. The number of carbonyl (C=O) groups excluding carboxylic acids is 3. The van der Waals surface area contributed by atoms with Gasteiger partial charge < -0.3 is 10.2 Å². The minimum atomic E-state index is -4.33. The smallest absolute Gasteiger partial charge is 0.270 e. The van der Waals surface area contributed by atoms with Crippen LogP contribution in [0.5, 0.6) is 11.5 Å². The van der Waals surface area contributed by atoms with E-state index < -0.39 is 49.3 Å². The molecule has 3 rings (SSSR count). The average Bonchev–Trinajstić information content (AvgIpc) is 2.56. The van der Waals surface area contributed by atoms with Crippen molar-refractivity contribution in [3.05, 3.63) is 38.7 Å². The van der Waals surface area contributed by atoms with Gasteiger partial charge in [-0.2, -0.15) is 0 Å². The molecule has 8 nitrogen and oxygen atoms in total. The van der Waals surface area contributed by atoms with E-state index in [9.17, 15) is 33.0 Å². The molecule has 1 aliphatic heterocycles. The number of halogens is 1. The molecule has 1 heterocycles. The monoisotopic (exact) mass is 439 g/mol. The Morgan fingerprint density at radius 1 is 1.08 bits per heavy atom. The van der Waals surface area contributed by atoms with Gasteiger partial charge >= 0.3 is 0 Å². The van der Waals surface area contributed by atoms with E-state index >= 15 is 0 Å². The minimum Gasteiger partial charge on any atom is -0.504 e. The number of phenolic OH excluding ortho intramolecular Hbond substituents is 2. The van der Waals surface area contributed by atoms with Crippen LogP contribution in [0.1, 0.15) is 12.0 Å². The van der Waals surface area contributed by atoms with Gasteiger partial charge in [0, 0.05) is 6.42 Å². The summed E-state index contributed by atoms with van der Waals surface area (Å²) in [6.07, 6.45) is 2.00. The van der Waals surface area contributed by atoms with E-state index in [0.717, 1.165) is 6.08 Å². The molecule has 0 saturated carbocycles. The fourth-order valence-electron chi connectivity index (χ4n) is 2.56. The molecule has 26 heavy (non-hydrogen) atoms. The zero-order chi connectivity index (χ0) is 19.2. The Hall–Kier alpha value is -2.59. The van der Waals surface area contributed by atoms with Gasteiger partial charge in [0.15, 0.2) is 16.5 Å². The molecule has 0 saturated heterocycles. The molecule has 0 atom stereocenters. The molecule has 0 radical (unpaired) electrons. The molecule has 0 amide bonds. The first-order valence-corrected chi connectivity index (χ1v) is 9.43. The Bertz CT molecular complexity index is 1060. The number of ketones is 3. The van der Waals surface area contributed by atoms with Crippen LogP contribution < -0.4 is 0 Å². The summed E-state index contributed by atoms with van der Waals surface area (Å²) in [5, 5.41) is 18.6. The van der Waals surface area contributed by atoms with Crippen LogP contribution in [0.25, 0.3) is 6.08 Å². The number of aromatic hydroxyl groups is 2. The van der Waals surface area contributed by atoms with Crippen LogP contribution in [0.15, 0.2) is 38.2 Å². The highest BCUT2D eigenvalue weighted by Crippen LogP contribution is 2.35. The lowest BCUT2D eigenvalue weighted by molar-refractivity contribution is -0.142. The van der Waals surface area contributed by atoms with E-state index in [1.165, 1.54) is 18.2 Å². The molecular formula is C16H10BrNO7S. The van der Waals surface area contributed by atoms with Gasteiger partial charge in [-0.05, 0) is 45.3 Å². The Morgan fingerprint density at radius 3 is 2.42 bits per heavy atom. The average molecular weight is 440 g/mol. The molecule has 0 bridgehead atoms. The number of hydrogen-bond acceptors (Lipinski definition) is 8. The van der Waals surface area contributed by atoms with Crippen LogP contribution in [0, 0.1) is 0 Å². The van der Waals surface area contributed by atoms with Crippen molar-refractivity contribution in [1.82, 2.24) is 0 Å². The Balaban J connectivity index is 1.98. The number of benzene rings is 1. The maximum atomic E-state index is 12.6. The number of Topliss-reactive ketones (excluding diaryl/α,β-unsaturated/α-hetero) is 3. The van der Waals surface area contributed by atoms with E-state index in [-0.39, 0.29) is 22.3 Å². The molecule has 0 aromatic heterocycles. The van der Waals surface area contributed by atoms with Gasteiger partial charge in [-0.1, -0.05) is 6.08 Å². The molecule has 2 aliphatic rings. The first-order chi connectivity index (χ1) is 12.1. The van der Waals surface area contributed by atoms with Crippen molar-refractivity contribution in [2.24, 2.45) is 4.99 Å². The van der Waals surface area contributed by atoms with Crippen molar-refractivity contribution in [2.75, 3.05) is 6.54 Å². The van der Waals surface area contributed by atoms with E-state index in [1.807, 2.05) is 0 Å². The highest BCUT2D eigenvalue weighted by molar-refractivity contribution is 9.10. The molecule has 134 valence electrons. The predicted octanol–water partition coefficient (Wildman–Crippen LogP) is 1.07. The Labute approximate surface area is 155 Å². The van der Waals surface area contributed by atoms with Crippen molar-refractivity contribution >= 4 is 54.2 Å². The number of allylic oxidation sites excluding steroid dienone is 1. The van der Waals surface area contributed by atoms with Crippen LogP contribution >= 0.6 is 15.9 Å². The van der Waals surface area contributed by atoms with Gasteiger partial charge in [-0.25, -0.2) is 8.42 Å². The number of sulfone groups is 1. The van der Waals surface area contributed by atoms with Gasteiger partial charge in [0.25, 0.3) is 5.78 Å². The molecule has 1 aliphatic carbocycles. The second-order valence-electron chi connectivity index (χ2n) is 5.55. The third kappa shape index (κ3) is 2.90. The summed E-state index contributed by atoms with van der Waals surface area (Å²) in [6, 6.07) is 2.63. The second-order valence-corrected chi connectivity index (χ2v) is 8.24. The summed E-state index contributed by atoms with van der Waals surface area (Å²) < 4.78 is 25.4. The quantitative estimate of drug-likeness (QED) is 0.518. The van der Waals surface area contributed by atoms with E-state index in [4.69, 9.17) is 0 Å². The first kappa shape index (κ1) is 18.2. The topological polar surface area (TPSA) is 138 Å². The van der Waals surface area contributed by atoms with Crippen LogP contribution in [-0.2, 0) is 24.2 Å². The molecule has 0 fully saturated rings. The van der Waals surface area contributed by atoms with Crippen LogP contribution in [0.4, 0.5) is 0 Å². The zero-order valence-electron chi connectivity index (χ0n) is 12.9. The maximum absolute atomic E-state index is 12.6. The first-order valence-electron chi connectivity index (χ1n) is 7.16. The fourth-order valence-corrected chi connectivity index (χ4v) is 4.57. The van der Waals surface area contributed by atoms with Crippen molar-refractivity contribution in [3.63, 3.8) is 0 Å². The highest BCUT2D eigenvalue weighted by Gasteiger charge is 2.43. The predicted molar refractivity (Wildman–Crippen MR) is 94.4 cm³/mol. The fraction of sp³-hybridized carbons (Fsp3) is 0.125. The van der Waals surface area contributed by atoms with Crippen molar-refractivity contribution in [3.8, 4) is 11.5 Å². The van der Waals surface area contributed by atoms with Gasteiger partial charge in [-0.15, -0.1) is 0 Å². The molecule has 1 aromatic carbocycles. The minimum absolute atomic E-state index is 0.0155. The van der Waals surface area contributed by atoms with Gasteiger partial charge in [-0.3, -0.25) is 19.4 Å². The number of phenols is 2. The molecule has 0 spiro atoms. The second kappa shape index (κ2) is 6.29. The largest absolute Gasteiger partial charge is 0.504 e. The summed E-state index contributed by atoms with van der Waals surface area (Å²) in [7, 11) is -4.33. The van der Waals surface area contributed by atoms with E-state index in [0.29, 0.717) is 5.56 Å². The molecule has 0 unspecified atom stereocenters. The molecule has 1 aromatic rings. The zero-order valence-corrected chi connectivity index (χ0v) is 15.3. The van der Waals surface area contributed by atoms with E-state index in [1.54, 1.807) is 0 Å². The van der Waals surface area contributed by atoms with Crippen LogP contribution in [0.3, 0.4) is 0 Å². The Morgan fingerprint density at radius 2 is 1.77 bits per heavy atom. The summed E-state index contributed by atoms with van der Waals surface area (Å²) >= 11 is 3.04. The SMILES string of the molecule is O=C1CC2=C(C(=O)C1=O)S(=O)(=O)C(/C=C/c1cc(O)c(O)c(Br)c1)=NC2. The van der Waals surface area contributed by atoms with Crippen molar-refractivity contribution in [2.45, 2.75) is 6.42 Å². The van der Waals surface area contributed by atoms with Gasteiger partial charge in [0.2, 0.25) is 21.4 Å². The number of aliphatic imine (C=N–C) groups is 1. The third-order valence-electron chi connectivity index (χ3n) is 3.81. The lowest BCUT2D eigenvalue weighted by Gasteiger charge is -2.20. The molecule has 2 N–H and O–H groups in total. The lowest BCUT2D eigenvalue weighted by atomic mass is 9.96. The third-order valence-corrected chi connectivity index (χ3v) is 6.25. The molecular weight excluding hydrogens is 430 g/mol. The summed E-state index contributed by atoms with van der Waals surface area (Å²) in [5.74, 6) is -4.39. The highest BCUT2D eigenvalue weighted by atomic mass is 79.9. The van der Waals surface area contributed by atoms with Crippen LogP contribution in [-0.4, -0.2) is 47.6 Å². The normalized spacial score (nSPS) is 19.7. The number of rotatable bonds is 2. The standard InChI is InChI=1S/C16H10BrNO7S/c17-9-3-7(4-10(19)13(9)21)1-2-12-18-6-8-5-11(20)14(22)15(23)16(8)26(12,24)25/h1-4,19,21H,5-6H2/b2-1+. The van der Waals surface area contributed by atoms with Crippen LogP contribution in [0.2, 0.25) is 0 Å². The summed E-state index contributed by atoms with van der Waals surface area (Å²) in [5.41, 5.74) is 0.368. The van der Waals surface area contributed by atoms with Crippen molar-refractivity contribution in [1.29, 1.82) is 0 Å². The number of hydrogen-bond donors (Lipinski definition) is 2. The summed E-state index contributed by atoms with van der Waals surface area (Å²) in [4.78, 5) is 38.2. The summed E-state index contributed by atoms with van der Waals surface area (Å²) in [6.45, 7) is -0.177.